The molecule has 2 aromatic heterocycles. The lowest BCUT2D eigenvalue weighted by Crippen LogP contribution is -2.33. The van der Waals surface area contributed by atoms with Crippen LogP contribution in [0.15, 0.2) is 10.6 Å². The molecule has 3 rings (SSSR count). The molecule has 2 aromatic rings. The highest BCUT2D eigenvalue weighted by Crippen LogP contribution is 2.18. The summed E-state index contributed by atoms with van der Waals surface area (Å²) in [6.07, 6.45) is -0.537. The monoisotopic (exact) mass is 293 g/mol. The fourth-order valence-electron chi connectivity index (χ4n) is 2.42. The zero-order chi connectivity index (χ0) is 14.8. The standard InChI is InChI=1S/C13H19N5O3/c1-9(19)11-5-10-6-17(3-4-18(10)15-11)7-12-14-13(8-20-2)21-16-12/h5,9,19H,3-4,6-8H2,1-2H3. The van der Waals surface area contributed by atoms with Crippen molar-refractivity contribution in [2.75, 3.05) is 13.7 Å². The molecule has 0 saturated heterocycles. The highest BCUT2D eigenvalue weighted by atomic mass is 16.5. The van der Waals surface area contributed by atoms with E-state index in [9.17, 15) is 5.11 Å². The molecule has 0 aromatic carbocycles. The van der Waals surface area contributed by atoms with E-state index in [-0.39, 0.29) is 0 Å². The van der Waals surface area contributed by atoms with Crippen LogP contribution in [-0.4, -0.2) is 43.6 Å². The first kappa shape index (κ1) is 14.2. The van der Waals surface area contributed by atoms with Gasteiger partial charge in [-0.15, -0.1) is 0 Å². The number of fused-ring (bicyclic) bond motifs is 1. The summed E-state index contributed by atoms with van der Waals surface area (Å²) in [5, 5.41) is 17.9. The molecule has 1 aliphatic rings. The minimum Gasteiger partial charge on any atom is -0.387 e. The van der Waals surface area contributed by atoms with Crippen molar-refractivity contribution < 1.29 is 14.4 Å². The summed E-state index contributed by atoms with van der Waals surface area (Å²) in [7, 11) is 1.59. The van der Waals surface area contributed by atoms with Gasteiger partial charge in [0.25, 0.3) is 5.89 Å². The maximum atomic E-state index is 9.59. The summed E-state index contributed by atoms with van der Waals surface area (Å²) >= 11 is 0. The van der Waals surface area contributed by atoms with Crippen molar-refractivity contribution in [3.63, 3.8) is 0 Å². The molecule has 0 spiro atoms. The Kier molecular flexibility index (Phi) is 4.00. The van der Waals surface area contributed by atoms with E-state index in [4.69, 9.17) is 9.26 Å². The maximum Gasteiger partial charge on any atom is 0.252 e. The van der Waals surface area contributed by atoms with Crippen molar-refractivity contribution in [3.8, 4) is 0 Å². The average molecular weight is 293 g/mol. The second-order valence-electron chi connectivity index (χ2n) is 5.21. The Morgan fingerprint density at radius 2 is 2.33 bits per heavy atom. The Hall–Kier alpha value is -1.77. The van der Waals surface area contributed by atoms with Gasteiger partial charge in [0.15, 0.2) is 5.82 Å². The van der Waals surface area contributed by atoms with Gasteiger partial charge in [0.2, 0.25) is 0 Å². The quantitative estimate of drug-likeness (QED) is 0.857. The molecular weight excluding hydrogens is 274 g/mol. The van der Waals surface area contributed by atoms with E-state index in [1.807, 2.05) is 10.7 Å². The van der Waals surface area contributed by atoms with E-state index in [1.165, 1.54) is 0 Å². The van der Waals surface area contributed by atoms with Gasteiger partial charge in [-0.05, 0) is 13.0 Å². The maximum absolute atomic E-state index is 9.59. The van der Waals surface area contributed by atoms with Gasteiger partial charge in [0.1, 0.15) is 6.61 Å². The molecule has 1 N–H and O–H groups in total. The molecule has 1 atom stereocenters. The van der Waals surface area contributed by atoms with Crippen molar-refractivity contribution in [3.05, 3.63) is 29.2 Å². The van der Waals surface area contributed by atoms with Gasteiger partial charge < -0.3 is 14.4 Å². The predicted octanol–water partition coefficient (Wildman–Crippen LogP) is 0.482. The Bertz CT molecular complexity index is 607. The van der Waals surface area contributed by atoms with Gasteiger partial charge in [-0.3, -0.25) is 9.58 Å². The summed E-state index contributed by atoms with van der Waals surface area (Å²) in [6.45, 7) is 5.10. The van der Waals surface area contributed by atoms with E-state index in [0.717, 1.165) is 25.3 Å². The van der Waals surface area contributed by atoms with Crippen LogP contribution in [0.25, 0.3) is 0 Å². The summed E-state index contributed by atoms with van der Waals surface area (Å²) in [5.41, 5.74) is 1.81. The van der Waals surface area contributed by atoms with Crippen LogP contribution in [0.1, 0.15) is 36.1 Å². The number of ether oxygens (including phenoxy) is 1. The number of methoxy groups -OCH3 is 1. The Labute approximate surface area is 122 Å². The number of aliphatic hydroxyl groups excluding tert-OH is 1. The molecule has 0 bridgehead atoms. The molecule has 114 valence electrons. The Morgan fingerprint density at radius 3 is 3.10 bits per heavy atom. The molecule has 3 heterocycles. The van der Waals surface area contributed by atoms with Crippen LogP contribution in [0.2, 0.25) is 0 Å². The van der Waals surface area contributed by atoms with E-state index in [1.54, 1.807) is 14.0 Å². The first-order valence-electron chi connectivity index (χ1n) is 6.93. The molecule has 0 fully saturated rings. The molecule has 0 amide bonds. The van der Waals surface area contributed by atoms with Crippen LogP contribution >= 0.6 is 0 Å². The van der Waals surface area contributed by atoms with Crippen molar-refractivity contribution in [2.24, 2.45) is 0 Å². The third kappa shape index (κ3) is 3.12. The highest BCUT2D eigenvalue weighted by Gasteiger charge is 2.21. The van der Waals surface area contributed by atoms with Crippen LogP contribution in [0.3, 0.4) is 0 Å². The normalized spacial score (nSPS) is 16.9. The molecular formula is C13H19N5O3. The molecule has 1 unspecified atom stereocenters. The second kappa shape index (κ2) is 5.92. The van der Waals surface area contributed by atoms with Crippen molar-refractivity contribution >= 4 is 0 Å². The van der Waals surface area contributed by atoms with Crippen molar-refractivity contribution in [1.82, 2.24) is 24.8 Å². The van der Waals surface area contributed by atoms with Gasteiger partial charge in [-0.25, -0.2) is 0 Å². The first-order chi connectivity index (χ1) is 10.2. The van der Waals surface area contributed by atoms with Gasteiger partial charge in [-0.1, -0.05) is 5.16 Å². The third-order valence-corrected chi connectivity index (χ3v) is 3.47. The average Bonchev–Trinajstić information content (AvgIpc) is 3.05. The van der Waals surface area contributed by atoms with Crippen LogP contribution in [0.4, 0.5) is 0 Å². The number of aliphatic hydroxyl groups is 1. The van der Waals surface area contributed by atoms with E-state index in [2.05, 4.69) is 20.1 Å². The number of hydrogen-bond donors (Lipinski definition) is 1. The van der Waals surface area contributed by atoms with E-state index >= 15 is 0 Å². The molecule has 0 radical (unpaired) electrons. The Morgan fingerprint density at radius 1 is 1.48 bits per heavy atom. The molecule has 21 heavy (non-hydrogen) atoms. The topological polar surface area (TPSA) is 89.4 Å². The minimum absolute atomic E-state index is 0.331. The lowest BCUT2D eigenvalue weighted by molar-refractivity contribution is 0.151. The largest absolute Gasteiger partial charge is 0.387 e. The summed E-state index contributed by atoms with van der Waals surface area (Å²) in [6, 6.07) is 1.95. The second-order valence-corrected chi connectivity index (χ2v) is 5.21. The number of rotatable bonds is 5. The molecule has 8 heteroatoms. The molecule has 8 nitrogen and oxygen atoms in total. The fourth-order valence-corrected chi connectivity index (χ4v) is 2.42. The Balaban J connectivity index is 1.65. The van der Waals surface area contributed by atoms with Crippen LogP contribution < -0.4 is 0 Å². The summed E-state index contributed by atoms with van der Waals surface area (Å²) in [5.74, 6) is 1.15. The lowest BCUT2D eigenvalue weighted by Gasteiger charge is -2.26. The summed E-state index contributed by atoms with van der Waals surface area (Å²) in [4.78, 5) is 6.50. The lowest BCUT2D eigenvalue weighted by atomic mass is 10.2. The predicted molar refractivity (Wildman–Crippen MR) is 72.0 cm³/mol. The minimum atomic E-state index is -0.537. The SMILES string of the molecule is COCc1nc(CN2CCn3nc(C(C)O)cc3C2)no1. The van der Waals surface area contributed by atoms with Crippen LogP contribution in [-0.2, 0) is 31.0 Å². The smallest absolute Gasteiger partial charge is 0.252 e. The number of aromatic nitrogens is 4. The van der Waals surface area contributed by atoms with Gasteiger partial charge in [0, 0.05) is 20.2 Å². The van der Waals surface area contributed by atoms with E-state index < -0.39 is 6.10 Å². The highest BCUT2D eigenvalue weighted by molar-refractivity contribution is 5.13. The van der Waals surface area contributed by atoms with Gasteiger partial charge in [-0.2, -0.15) is 10.1 Å². The number of nitrogens with zero attached hydrogens (tertiary/aromatic N) is 5. The van der Waals surface area contributed by atoms with Crippen LogP contribution in [0.5, 0.6) is 0 Å². The first-order valence-corrected chi connectivity index (χ1v) is 6.93. The van der Waals surface area contributed by atoms with Gasteiger partial charge in [0.05, 0.1) is 30.6 Å². The summed E-state index contributed by atoms with van der Waals surface area (Å²) < 4.78 is 12.0. The zero-order valence-electron chi connectivity index (χ0n) is 12.2. The van der Waals surface area contributed by atoms with Gasteiger partial charge >= 0.3 is 0 Å². The molecule has 0 saturated carbocycles. The zero-order valence-corrected chi connectivity index (χ0v) is 12.2. The third-order valence-electron chi connectivity index (χ3n) is 3.47. The fraction of sp³-hybridized carbons (Fsp3) is 0.615. The molecule has 0 aliphatic carbocycles. The van der Waals surface area contributed by atoms with Crippen molar-refractivity contribution in [1.29, 1.82) is 0 Å². The van der Waals surface area contributed by atoms with Crippen LogP contribution in [0, 0.1) is 0 Å². The van der Waals surface area contributed by atoms with Crippen molar-refractivity contribution in [2.45, 2.75) is 39.3 Å². The number of hydrogen-bond acceptors (Lipinski definition) is 7. The van der Waals surface area contributed by atoms with E-state index in [0.29, 0.717) is 30.6 Å². The molecule has 1 aliphatic heterocycles.